The van der Waals surface area contributed by atoms with Gasteiger partial charge < -0.3 is 24.1 Å². The zero-order valence-electron chi connectivity index (χ0n) is 22.1. The van der Waals surface area contributed by atoms with Gasteiger partial charge in [-0.1, -0.05) is 101 Å². The lowest BCUT2D eigenvalue weighted by atomic mass is 9.94. The molecule has 0 unspecified atom stereocenters. The molecular formula is C35H42O7. The second-order valence-electron chi connectivity index (χ2n) is 8.76. The highest BCUT2D eigenvalue weighted by Gasteiger charge is 2.26. The number of rotatable bonds is 7. The van der Waals surface area contributed by atoms with Crippen LogP contribution < -0.4 is 4.74 Å². The van der Waals surface area contributed by atoms with Gasteiger partial charge in [0.25, 0.3) is 0 Å². The van der Waals surface area contributed by atoms with Crippen molar-refractivity contribution in [1.29, 1.82) is 0 Å². The SMILES string of the molecule is C.C.C.COCOc1ccc(-c2ccccc2)c(CO)c1C(=O)OC.Cc1ccc(-c2ccccc2)c2c1C(=O)OC2. The fourth-order valence-electron chi connectivity index (χ4n) is 4.54. The van der Waals surface area contributed by atoms with Crippen LogP contribution in [0.3, 0.4) is 0 Å². The van der Waals surface area contributed by atoms with Crippen molar-refractivity contribution in [1.82, 2.24) is 0 Å². The number of ether oxygens (including phenoxy) is 4. The maximum atomic E-state index is 12.1. The second kappa shape index (κ2) is 16.7. The molecule has 224 valence electrons. The van der Waals surface area contributed by atoms with E-state index in [-0.39, 0.29) is 47.2 Å². The summed E-state index contributed by atoms with van der Waals surface area (Å²) >= 11 is 0. The molecule has 1 heterocycles. The van der Waals surface area contributed by atoms with Gasteiger partial charge in [0, 0.05) is 18.2 Å². The zero-order chi connectivity index (χ0) is 27.8. The number of benzene rings is 4. The van der Waals surface area contributed by atoms with E-state index in [1.54, 1.807) is 12.1 Å². The number of aliphatic hydroxyl groups is 1. The summed E-state index contributed by atoms with van der Waals surface area (Å²) in [7, 11) is 2.78. The summed E-state index contributed by atoms with van der Waals surface area (Å²) in [4.78, 5) is 23.8. The van der Waals surface area contributed by atoms with E-state index in [1.807, 2.05) is 73.7 Å². The number of hydrogen-bond donors (Lipinski definition) is 1. The van der Waals surface area contributed by atoms with E-state index in [2.05, 4.69) is 6.07 Å². The van der Waals surface area contributed by atoms with Crippen LogP contribution in [0.4, 0.5) is 0 Å². The Morgan fingerprint density at radius 2 is 1.40 bits per heavy atom. The monoisotopic (exact) mass is 574 g/mol. The van der Waals surface area contributed by atoms with E-state index in [1.165, 1.54) is 14.2 Å². The Morgan fingerprint density at radius 1 is 0.833 bits per heavy atom. The third kappa shape index (κ3) is 7.63. The predicted octanol–water partition coefficient (Wildman–Crippen LogP) is 7.86. The van der Waals surface area contributed by atoms with E-state index in [4.69, 9.17) is 18.9 Å². The Morgan fingerprint density at radius 3 is 1.95 bits per heavy atom. The molecule has 1 aliphatic heterocycles. The highest BCUT2D eigenvalue weighted by atomic mass is 16.7. The van der Waals surface area contributed by atoms with Crippen molar-refractivity contribution in [3.63, 3.8) is 0 Å². The largest absolute Gasteiger partial charge is 0.467 e. The maximum absolute atomic E-state index is 12.1. The fraction of sp³-hybridized carbons (Fsp3) is 0.257. The van der Waals surface area contributed by atoms with Crippen LogP contribution in [-0.2, 0) is 27.4 Å². The van der Waals surface area contributed by atoms with E-state index in [0.29, 0.717) is 17.9 Å². The Hall–Kier alpha value is -4.46. The van der Waals surface area contributed by atoms with Crippen LogP contribution in [0.15, 0.2) is 84.9 Å². The number of carbonyl (C=O) groups is 2. The molecule has 42 heavy (non-hydrogen) atoms. The molecule has 0 spiro atoms. The van der Waals surface area contributed by atoms with Crippen LogP contribution in [0.2, 0.25) is 0 Å². The average Bonchev–Trinajstić information content (AvgIpc) is 3.38. The van der Waals surface area contributed by atoms with Crippen LogP contribution in [0.25, 0.3) is 22.3 Å². The third-order valence-corrected chi connectivity index (χ3v) is 6.40. The molecule has 0 bridgehead atoms. The second-order valence-corrected chi connectivity index (χ2v) is 8.76. The van der Waals surface area contributed by atoms with Crippen LogP contribution in [0.1, 0.15) is 59.7 Å². The molecule has 0 amide bonds. The molecule has 0 aliphatic carbocycles. The Kier molecular flexibility index (Phi) is 14.2. The molecule has 0 aromatic heterocycles. The summed E-state index contributed by atoms with van der Waals surface area (Å²) in [5.74, 6) is -0.444. The topological polar surface area (TPSA) is 91.3 Å². The summed E-state index contributed by atoms with van der Waals surface area (Å²) in [5, 5.41) is 9.76. The van der Waals surface area contributed by atoms with E-state index >= 15 is 0 Å². The highest BCUT2D eigenvalue weighted by molar-refractivity contribution is 5.98. The Labute approximate surface area is 249 Å². The number of cyclic esters (lactones) is 1. The van der Waals surface area contributed by atoms with Gasteiger partial charge in [-0.3, -0.25) is 0 Å². The Balaban J connectivity index is 0.000000401. The van der Waals surface area contributed by atoms with E-state index in [9.17, 15) is 14.7 Å². The minimum Gasteiger partial charge on any atom is -0.467 e. The molecule has 1 aliphatic rings. The number of esters is 2. The van der Waals surface area contributed by atoms with Crippen molar-refractivity contribution in [3.05, 3.63) is 113 Å². The van der Waals surface area contributed by atoms with Crippen LogP contribution in [0, 0.1) is 6.92 Å². The van der Waals surface area contributed by atoms with E-state index in [0.717, 1.165) is 38.9 Å². The molecule has 0 saturated carbocycles. The van der Waals surface area contributed by atoms with Crippen LogP contribution in [0.5, 0.6) is 5.75 Å². The van der Waals surface area contributed by atoms with Crippen molar-refractivity contribution in [3.8, 4) is 28.0 Å². The summed E-state index contributed by atoms with van der Waals surface area (Å²) in [5.41, 5.74) is 7.30. The molecule has 5 rings (SSSR count). The summed E-state index contributed by atoms with van der Waals surface area (Å²) in [6.07, 6.45) is 0. The molecule has 0 fully saturated rings. The zero-order valence-corrected chi connectivity index (χ0v) is 22.1. The Bertz CT molecular complexity index is 1450. The molecule has 0 saturated heterocycles. The molecule has 4 aromatic rings. The van der Waals surface area contributed by atoms with Gasteiger partial charge in [0.2, 0.25) is 0 Å². The lowest BCUT2D eigenvalue weighted by Gasteiger charge is -2.16. The number of fused-ring (bicyclic) bond motifs is 1. The highest BCUT2D eigenvalue weighted by Crippen LogP contribution is 2.34. The molecule has 1 N–H and O–H groups in total. The van der Waals surface area contributed by atoms with Gasteiger partial charge in [-0.15, -0.1) is 0 Å². The number of carbonyl (C=O) groups excluding carboxylic acids is 2. The number of hydrogen-bond acceptors (Lipinski definition) is 7. The van der Waals surface area contributed by atoms with Crippen molar-refractivity contribution < 1.29 is 33.6 Å². The number of aliphatic hydroxyl groups excluding tert-OH is 1. The van der Waals surface area contributed by atoms with Crippen LogP contribution >= 0.6 is 0 Å². The summed E-state index contributed by atoms with van der Waals surface area (Å²) < 4.78 is 20.2. The summed E-state index contributed by atoms with van der Waals surface area (Å²) in [6, 6.07) is 27.1. The standard InChI is InChI=1S/C17H18O5.C15H12O2.3CH4/c1-20-11-22-15-9-8-13(12-6-4-3-5-7-12)14(10-18)16(15)17(19)21-2;1-10-7-8-12(11-5-3-2-4-6-11)13-9-17-15(16)14(10)13;;;/h3-9,18H,10-11H2,1-2H3;2-8H,9H2,1H3;3*1H4. The quantitative estimate of drug-likeness (QED) is 0.177. The van der Waals surface area contributed by atoms with Crippen LogP contribution in [-0.4, -0.2) is 38.1 Å². The normalized spacial score (nSPS) is 10.8. The van der Waals surface area contributed by atoms with Gasteiger partial charge in [-0.25, -0.2) is 9.59 Å². The van der Waals surface area contributed by atoms with Crippen molar-refractivity contribution in [2.75, 3.05) is 21.0 Å². The minimum atomic E-state index is -0.562. The smallest absolute Gasteiger partial charge is 0.342 e. The van der Waals surface area contributed by atoms with E-state index < -0.39 is 5.97 Å². The molecule has 0 atom stereocenters. The van der Waals surface area contributed by atoms with Gasteiger partial charge >= 0.3 is 11.9 Å². The first-order valence-corrected chi connectivity index (χ1v) is 12.4. The molecule has 4 aromatic carbocycles. The molecule has 7 heteroatoms. The number of methoxy groups -OCH3 is 2. The van der Waals surface area contributed by atoms with Gasteiger partial charge in [0.15, 0.2) is 6.79 Å². The first-order valence-electron chi connectivity index (χ1n) is 12.4. The summed E-state index contributed by atoms with van der Waals surface area (Å²) in [6.45, 7) is 2.03. The first-order chi connectivity index (χ1) is 19.0. The van der Waals surface area contributed by atoms with Gasteiger partial charge in [0.1, 0.15) is 17.9 Å². The van der Waals surface area contributed by atoms with Gasteiger partial charge in [0.05, 0.1) is 19.3 Å². The predicted molar refractivity (Wildman–Crippen MR) is 168 cm³/mol. The first kappa shape index (κ1) is 35.6. The third-order valence-electron chi connectivity index (χ3n) is 6.40. The van der Waals surface area contributed by atoms with Crippen molar-refractivity contribution in [2.24, 2.45) is 0 Å². The van der Waals surface area contributed by atoms with Crippen molar-refractivity contribution in [2.45, 2.75) is 42.4 Å². The average molecular weight is 575 g/mol. The number of aryl methyl sites for hydroxylation is 1. The molecule has 7 nitrogen and oxygen atoms in total. The molecule has 0 radical (unpaired) electrons. The minimum absolute atomic E-state index is 0. The molecular weight excluding hydrogens is 532 g/mol. The lowest BCUT2D eigenvalue weighted by Crippen LogP contribution is -2.12. The van der Waals surface area contributed by atoms with Crippen molar-refractivity contribution >= 4 is 11.9 Å². The maximum Gasteiger partial charge on any atom is 0.342 e. The van der Waals surface area contributed by atoms with Gasteiger partial charge in [-0.05, 0) is 40.8 Å². The fourth-order valence-corrected chi connectivity index (χ4v) is 4.54. The lowest BCUT2D eigenvalue weighted by molar-refractivity contribution is 0.0461. The van der Waals surface area contributed by atoms with Gasteiger partial charge in [-0.2, -0.15) is 0 Å².